The van der Waals surface area contributed by atoms with Crippen LogP contribution in [0.5, 0.6) is 11.5 Å². The van der Waals surface area contributed by atoms with Crippen molar-refractivity contribution < 1.29 is 9.47 Å². The first kappa shape index (κ1) is 18.4. The number of methoxy groups -OCH3 is 2. The smallest absolute Gasteiger partial charge is 0.235 e. The Hall–Kier alpha value is -2.94. The second-order valence-corrected chi connectivity index (χ2v) is 7.89. The van der Waals surface area contributed by atoms with Crippen LogP contribution in [0.2, 0.25) is 0 Å². The van der Waals surface area contributed by atoms with Crippen LogP contribution in [0.25, 0.3) is 27.1 Å². The maximum Gasteiger partial charge on any atom is 0.235 e. The van der Waals surface area contributed by atoms with Crippen molar-refractivity contribution >= 4 is 16.3 Å². The molecule has 8 nitrogen and oxygen atoms in total. The predicted molar refractivity (Wildman–Crippen MR) is 108 cm³/mol. The van der Waals surface area contributed by atoms with Crippen molar-refractivity contribution in [3.8, 4) is 33.6 Å². The average molecular weight is 398 g/mol. The Morgan fingerprint density at radius 3 is 2.61 bits per heavy atom. The largest absolute Gasteiger partial charge is 0.497 e. The maximum absolute atomic E-state index is 5.50. The van der Waals surface area contributed by atoms with E-state index in [9.17, 15) is 0 Å². The van der Waals surface area contributed by atoms with E-state index in [1.54, 1.807) is 18.7 Å². The standard InChI is InChI=1S/C19H22N6O2S/c1-11(2)8-12-9-15(24(3)22-12)17-20-21-19-25(17)23-18(28-19)14-10-13(26-4)6-7-16(14)27-5/h6-7,9-11H,8H2,1-5H3. The van der Waals surface area contributed by atoms with Gasteiger partial charge in [0, 0.05) is 7.05 Å². The molecule has 0 aliphatic carbocycles. The number of hydrogen-bond donors (Lipinski definition) is 0. The Labute approximate surface area is 166 Å². The lowest BCUT2D eigenvalue weighted by Crippen LogP contribution is -1.99. The van der Waals surface area contributed by atoms with Crippen molar-refractivity contribution in [3.63, 3.8) is 0 Å². The van der Waals surface area contributed by atoms with Crippen LogP contribution in [-0.2, 0) is 13.5 Å². The van der Waals surface area contributed by atoms with Crippen LogP contribution in [0, 0.1) is 5.92 Å². The average Bonchev–Trinajstić information content (AvgIpc) is 3.34. The van der Waals surface area contributed by atoms with Gasteiger partial charge in [-0.05, 0) is 36.6 Å². The van der Waals surface area contributed by atoms with Crippen LogP contribution < -0.4 is 9.47 Å². The van der Waals surface area contributed by atoms with E-state index < -0.39 is 0 Å². The lowest BCUT2D eigenvalue weighted by Gasteiger charge is -2.07. The molecule has 4 rings (SSSR count). The van der Waals surface area contributed by atoms with Crippen LogP contribution in [0.4, 0.5) is 0 Å². The molecule has 0 saturated heterocycles. The highest BCUT2D eigenvalue weighted by Crippen LogP contribution is 2.36. The third-order valence-electron chi connectivity index (χ3n) is 4.40. The van der Waals surface area contributed by atoms with Crippen LogP contribution >= 0.6 is 11.3 Å². The quantitative estimate of drug-likeness (QED) is 0.495. The molecule has 1 aromatic carbocycles. The van der Waals surface area contributed by atoms with Gasteiger partial charge in [-0.3, -0.25) is 4.68 Å². The number of benzene rings is 1. The van der Waals surface area contributed by atoms with Crippen LogP contribution in [0.15, 0.2) is 24.3 Å². The molecule has 146 valence electrons. The summed E-state index contributed by atoms with van der Waals surface area (Å²) < 4.78 is 14.4. The molecule has 28 heavy (non-hydrogen) atoms. The second kappa shape index (κ2) is 7.23. The summed E-state index contributed by atoms with van der Waals surface area (Å²) >= 11 is 1.45. The minimum Gasteiger partial charge on any atom is -0.497 e. The molecular formula is C19H22N6O2S. The molecule has 0 aliphatic heterocycles. The second-order valence-electron chi connectivity index (χ2n) is 6.93. The van der Waals surface area contributed by atoms with Gasteiger partial charge in [0.05, 0.1) is 25.5 Å². The summed E-state index contributed by atoms with van der Waals surface area (Å²) in [5, 5.41) is 18.8. The monoisotopic (exact) mass is 398 g/mol. The van der Waals surface area contributed by atoms with Gasteiger partial charge in [0.25, 0.3) is 0 Å². The first-order valence-corrected chi connectivity index (χ1v) is 9.79. The summed E-state index contributed by atoms with van der Waals surface area (Å²) in [5.74, 6) is 2.68. The van der Waals surface area contributed by atoms with Gasteiger partial charge in [-0.1, -0.05) is 25.2 Å². The fraction of sp³-hybridized carbons (Fsp3) is 0.368. The van der Waals surface area contributed by atoms with Crippen LogP contribution in [0.1, 0.15) is 19.5 Å². The molecule has 0 radical (unpaired) electrons. The van der Waals surface area contributed by atoms with E-state index in [0.29, 0.717) is 16.7 Å². The first-order valence-electron chi connectivity index (χ1n) is 8.98. The number of ether oxygens (including phenoxy) is 2. The SMILES string of the molecule is COc1ccc(OC)c(-c2nn3c(-c4cc(CC(C)C)nn4C)nnc3s2)c1. The lowest BCUT2D eigenvalue weighted by molar-refractivity contribution is 0.404. The number of fused-ring (bicyclic) bond motifs is 1. The Morgan fingerprint density at radius 2 is 1.89 bits per heavy atom. The molecule has 0 N–H and O–H groups in total. The first-order chi connectivity index (χ1) is 13.5. The lowest BCUT2D eigenvalue weighted by atomic mass is 10.1. The molecule has 0 unspecified atom stereocenters. The predicted octanol–water partition coefficient (Wildman–Crippen LogP) is 3.47. The Kier molecular flexibility index (Phi) is 4.76. The molecule has 0 saturated carbocycles. The zero-order valence-corrected chi connectivity index (χ0v) is 17.3. The zero-order valence-electron chi connectivity index (χ0n) is 16.5. The van der Waals surface area contributed by atoms with Crippen LogP contribution in [0.3, 0.4) is 0 Å². The molecule has 3 aromatic heterocycles. The fourth-order valence-electron chi connectivity index (χ4n) is 3.12. The van der Waals surface area contributed by atoms with E-state index >= 15 is 0 Å². The Balaban J connectivity index is 1.79. The summed E-state index contributed by atoms with van der Waals surface area (Å²) in [6.45, 7) is 4.36. The van der Waals surface area contributed by atoms with Gasteiger partial charge in [-0.25, -0.2) is 0 Å². The summed E-state index contributed by atoms with van der Waals surface area (Å²) in [5.41, 5.74) is 2.78. The maximum atomic E-state index is 5.50. The van der Waals surface area contributed by atoms with Crippen molar-refractivity contribution in [3.05, 3.63) is 30.0 Å². The van der Waals surface area contributed by atoms with E-state index in [1.165, 1.54) is 11.3 Å². The van der Waals surface area contributed by atoms with Gasteiger partial charge in [0.1, 0.15) is 17.2 Å². The summed E-state index contributed by atoms with van der Waals surface area (Å²) in [4.78, 5) is 0.710. The molecule has 3 heterocycles. The summed E-state index contributed by atoms with van der Waals surface area (Å²) in [6, 6.07) is 7.70. The Bertz CT molecular complexity index is 1130. The van der Waals surface area contributed by atoms with E-state index in [1.807, 2.05) is 29.9 Å². The topological polar surface area (TPSA) is 79.4 Å². The third kappa shape index (κ3) is 3.22. The molecule has 0 bridgehead atoms. The minimum absolute atomic E-state index is 0.535. The van der Waals surface area contributed by atoms with Gasteiger partial charge in [0.15, 0.2) is 5.01 Å². The van der Waals surface area contributed by atoms with Gasteiger partial charge in [0.2, 0.25) is 10.8 Å². The number of hydrogen-bond acceptors (Lipinski definition) is 7. The molecule has 9 heteroatoms. The van der Waals surface area contributed by atoms with Gasteiger partial charge in [-0.15, -0.1) is 10.2 Å². The van der Waals surface area contributed by atoms with Crippen LogP contribution in [-0.4, -0.2) is 43.8 Å². The minimum atomic E-state index is 0.535. The highest BCUT2D eigenvalue weighted by molar-refractivity contribution is 7.19. The van der Waals surface area contributed by atoms with Crippen molar-refractivity contribution in [2.45, 2.75) is 20.3 Å². The third-order valence-corrected chi connectivity index (χ3v) is 5.34. The summed E-state index contributed by atoms with van der Waals surface area (Å²) in [6.07, 6.45) is 0.916. The molecular weight excluding hydrogens is 376 g/mol. The van der Waals surface area contributed by atoms with Gasteiger partial charge < -0.3 is 9.47 Å². The fourth-order valence-corrected chi connectivity index (χ4v) is 3.98. The van der Waals surface area contributed by atoms with Gasteiger partial charge >= 0.3 is 0 Å². The van der Waals surface area contributed by atoms with Crippen molar-refractivity contribution in [2.75, 3.05) is 14.2 Å². The molecule has 0 amide bonds. The molecule has 0 spiro atoms. The highest BCUT2D eigenvalue weighted by Gasteiger charge is 2.20. The van der Waals surface area contributed by atoms with Crippen molar-refractivity contribution in [2.24, 2.45) is 13.0 Å². The molecule has 0 aliphatic rings. The highest BCUT2D eigenvalue weighted by atomic mass is 32.1. The van der Waals surface area contributed by atoms with E-state index in [2.05, 4.69) is 35.2 Å². The van der Waals surface area contributed by atoms with Gasteiger partial charge in [-0.2, -0.15) is 14.7 Å². The molecule has 0 fully saturated rings. The number of nitrogens with zero attached hydrogens (tertiary/aromatic N) is 6. The van der Waals surface area contributed by atoms with E-state index in [4.69, 9.17) is 14.6 Å². The Morgan fingerprint density at radius 1 is 1.07 bits per heavy atom. The van der Waals surface area contributed by atoms with Crippen molar-refractivity contribution in [1.82, 2.24) is 29.6 Å². The van der Waals surface area contributed by atoms with Crippen molar-refractivity contribution in [1.29, 1.82) is 0 Å². The molecule has 0 atom stereocenters. The van der Waals surface area contributed by atoms with E-state index in [-0.39, 0.29) is 0 Å². The zero-order chi connectivity index (χ0) is 19.8. The molecule has 4 aromatic rings. The number of aryl methyl sites for hydroxylation is 1. The summed E-state index contributed by atoms with van der Waals surface area (Å²) in [7, 11) is 5.20. The number of rotatable bonds is 6. The number of aromatic nitrogens is 6. The van der Waals surface area contributed by atoms with E-state index in [0.717, 1.165) is 39.9 Å². The normalized spacial score (nSPS) is 11.5.